The summed E-state index contributed by atoms with van der Waals surface area (Å²) in [6, 6.07) is 28.1. The van der Waals surface area contributed by atoms with Crippen molar-refractivity contribution in [3.05, 3.63) is 101 Å². The molecule has 134 valence electrons. The zero-order chi connectivity index (χ0) is 18.4. The molecule has 3 aromatic carbocycles. The molecule has 3 rings (SSSR count). The molecule has 2 unspecified atom stereocenters. The van der Waals surface area contributed by atoms with Gasteiger partial charge < -0.3 is 4.74 Å². The predicted molar refractivity (Wildman–Crippen MR) is 110 cm³/mol. The van der Waals surface area contributed by atoms with Gasteiger partial charge in [0.15, 0.2) is 0 Å². The monoisotopic (exact) mass is 344 g/mol. The Balaban J connectivity index is 1.99. The lowest BCUT2D eigenvalue weighted by atomic mass is 9.87. The molecule has 26 heavy (non-hydrogen) atoms. The zero-order valence-corrected chi connectivity index (χ0v) is 16.0. The maximum absolute atomic E-state index is 6.07. The lowest BCUT2D eigenvalue weighted by Gasteiger charge is -2.21. The minimum atomic E-state index is 0.297. The first-order valence-corrected chi connectivity index (χ1v) is 9.57. The Labute approximate surface area is 157 Å². The summed E-state index contributed by atoms with van der Waals surface area (Å²) in [4.78, 5) is 0. The Hall–Kier alpha value is -2.54. The van der Waals surface area contributed by atoms with Crippen LogP contribution in [0.2, 0.25) is 0 Å². The van der Waals surface area contributed by atoms with Gasteiger partial charge in [0.05, 0.1) is 6.61 Å². The molecule has 0 saturated heterocycles. The van der Waals surface area contributed by atoms with Crippen molar-refractivity contribution in [1.82, 2.24) is 0 Å². The van der Waals surface area contributed by atoms with Crippen molar-refractivity contribution in [2.45, 2.75) is 39.0 Å². The lowest BCUT2D eigenvalue weighted by molar-refractivity contribution is 0.313. The third kappa shape index (κ3) is 4.16. The largest absolute Gasteiger partial charge is 0.493 e. The van der Waals surface area contributed by atoms with Crippen LogP contribution in [0.5, 0.6) is 5.75 Å². The van der Waals surface area contributed by atoms with Crippen molar-refractivity contribution in [3.8, 4) is 5.75 Å². The smallest absolute Gasteiger partial charge is 0.123 e. The molecule has 0 heterocycles. The number of hydrogen-bond donors (Lipinski definition) is 0. The van der Waals surface area contributed by atoms with Crippen LogP contribution in [0.15, 0.2) is 78.9 Å². The molecule has 2 atom stereocenters. The predicted octanol–water partition coefficient (Wildman–Crippen LogP) is 6.78. The Bertz CT molecular complexity index is 808. The molecular formula is C25H28O. The van der Waals surface area contributed by atoms with Gasteiger partial charge in [0.1, 0.15) is 5.75 Å². The summed E-state index contributed by atoms with van der Waals surface area (Å²) in [5.41, 5.74) is 5.26. The summed E-state index contributed by atoms with van der Waals surface area (Å²) in [6.45, 7) is 7.43. The SMILES string of the molecule is CCCOc1ccc(C(C)c2ccccc2)cc1C(C)c1ccccc1. The quantitative estimate of drug-likeness (QED) is 0.459. The Morgan fingerprint density at radius 2 is 1.27 bits per heavy atom. The van der Waals surface area contributed by atoms with Crippen LogP contribution in [-0.2, 0) is 0 Å². The molecule has 3 aromatic rings. The van der Waals surface area contributed by atoms with Gasteiger partial charge >= 0.3 is 0 Å². The molecular weight excluding hydrogens is 316 g/mol. The molecule has 0 fully saturated rings. The van der Waals surface area contributed by atoms with Crippen molar-refractivity contribution < 1.29 is 4.74 Å². The summed E-state index contributed by atoms with van der Waals surface area (Å²) in [6.07, 6.45) is 1.02. The van der Waals surface area contributed by atoms with E-state index in [1.807, 2.05) is 0 Å². The average Bonchev–Trinajstić information content (AvgIpc) is 2.72. The van der Waals surface area contributed by atoms with Gasteiger partial charge in [0.2, 0.25) is 0 Å². The van der Waals surface area contributed by atoms with E-state index in [0.717, 1.165) is 18.8 Å². The highest BCUT2D eigenvalue weighted by Crippen LogP contribution is 2.35. The second-order valence-electron chi connectivity index (χ2n) is 6.91. The van der Waals surface area contributed by atoms with Crippen LogP contribution in [0.3, 0.4) is 0 Å². The lowest BCUT2D eigenvalue weighted by Crippen LogP contribution is -2.05. The van der Waals surface area contributed by atoms with Gasteiger partial charge in [-0.15, -0.1) is 0 Å². The van der Waals surface area contributed by atoms with Crippen LogP contribution in [-0.4, -0.2) is 6.61 Å². The van der Waals surface area contributed by atoms with Crippen LogP contribution in [0.25, 0.3) is 0 Å². The highest BCUT2D eigenvalue weighted by Gasteiger charge is 2.17. The van der Waals surface area contributed by atoms with Crippen LogP contribution < -0.4 is 4.74 Å². The summed E-state index contributed by atoms with van der Waals surface area (Å²) in [7, 11) is 0. The third-order valence-electron chi connectivity index (χ3n) is 5.06. The maximum atomic E-state index is 6.07. The van der Waals surface area contributed by atoms with Crippen molar-refractivity contribution >= 4 is 0 Å². The van der Waals surface area contributed by atoms with Crippen molar-refractivity contribution in [2.24, 2.45) is 0 Å². The van der Waals surface area contributed by atoms with E-state index < -0.39 is 0 Å². The number of rotatable bonds is 7. The molecule has 0 aliphatic heterocycles. The molecule has 1 nitrogen and oxygen atoms in total. The molecule has 0 aliphatic rings. The van der Waals surface area contributed by atoms with E-state index in [-0.39, 0.29) is 0 Å². The van der Waals surface area contributed by atoms with Crippen molar-refractivity contribution in [2.75, 3.05) is 6.61 Å². The molecule has 1 heteroatoms. The van der Waals surface area contributed by atoms with E-state index in [1.54, 1.807) is 0 Å². The first-order valence-electron chi connectivity index (χ1n) is 9.57. The highest BCUT2D eigenvalue weighted by atomic mass is 16.5. The van der Waals surface area contributed by atoms with Crippen LogP contribution >= 0.6 is 0 Å². The van der Waals surface area contributed by atoms with E-state index in [0.29, 0.717) is 11.8 Å². The molecule has 0 aliphatic carbocycles. The average molecular weight is 344 g/mol. The van der Waals surface area contributed by atoms with Crippen molar-refractivity contribution in [3.63, 3.8) is 0 Å². The fourth-order valence-electron chi connectivity index (χ4n) is 3.37. The van der Waals surface area contributed by atoms with Gasteiger partial charge in [-0.1, -0.05) is 93.6 Å². The molecule has 0 amide bonds. The first-order chi connectivity index (χ1) is 12.7. The molecule has 0 bridgehead atoms. The van der Waals surface area contributed by atoms with Gasteiger partial charge in [-0.3, -0.25) is 0 Å². The number of benzene rings is 3. The normalized spacial score (nSPS) is 13.2. The van der Waals surface area contributed by atoms with E-state index in [4.69, 9.17) is 4.74 Å². The van der Waals surface area contributed by atoms with Gasteiger partial charge in [-0.05, 0) is 29.2 Å². The maximum Gasteiger partial charge on any atom is 0.123 e. The van der Waals surface area contributed by atoms with Crippen LogP contribution in [0, 0.1) is 0 Å². The molecule has 0 aromatic heterocycles. The van der Waals surface area contributed by atoms with Gasteiger partial charge in [0.25, 0.3) is 0 Å². The summed E-state index contributed by atoms with van der Waals surface area (Å²) in [5.74, 6) is 1.66. The molecule has 0 spiro atoms. The molecule has 0 N–H and O–H groups in total. The van der Waals surface area contributed by atoms with Crippen molar-refractivity contribution in [1.29, 1.82) is 0 Å². The fourth-order valence-corrected chi connectivity index (χ4v) is 3.37. The van der Waals surface area contributed by atoms with Gasteiger partial charge in [-0.25, -0.2) is 0 Å². The van der Waals surface area contributed by atoms with E-state index in [9.17, 15) is 0 Å². The van der Waals surface area contributed by atoms with Crippen LogP contribution in [0.1, 0.15) is 61.3 Å². The Kier molecular flexibility index (Phi) is 6.12. The van der Waals surface area contributed by atoms with E-state index in [1.165, 1.54) is 22.3 Å². The van der Waals surface area contributed by atoms with Crippen LogP contribution in [0.4, 0.5) is 0 Å². The van der Waals surface area contributed by atoms with E-state index in [2.05, 4.69) is 99.6 Å². The Morgan fingerprint density at radius 1 is 0.692 bits per heavy atom. The van der Waals surface area contributed by atoms with E-state index >= 15 is 0 Å². The third-order valence-corrected chi connectivity index (χ3v) is 5.06. The Morgan fingerprint density at radius 3 is 1.85 bits per heavy atom. The fraction of sp³-hybridized carbons (Fsp3) is 0.280. The highest BCUT2D eigenvalue weighted by molar-refractivity contribution is 5.46. The number of hydrogen-bond acceptors (Lipinski definition) is 1. The second-order valence-corrected chi connectivity index (χ2v) is 6.91. The molecule has 0 radical (unpaired) electrons. The first kappa shape index (κ1) is 18.3. The summed E-state index contributed by atoms with van der Waals surface area (Å²) >= 11 is 0. The summed E-state index contributed by atoms with van der Waals surface area (Å²) in [5, 5.41) is 0. The van der Waals surface area contributed by atoms with Gasteiger partial charge in [-0.2, -0.15) is 0 Å². The standard InChI is InChI=1S/C25H28O/c1-4-17-26-25-16-15-23(19(2)21-11-7-5-8-12-21)18-24(25)20(3)22-13-9-6-10-14-22/h5-16,18-20H,4,17H2,1-3H3. The summed E-state index contributed by atoms with van der Waals surface area (Å²) < 4.78 is 6.07. The van der Waals surface area contributed by atoms with Gasteiger partial charge in [0, 0.05) is 17.4 Å². The zero-order valence-electron chi connectivity index (χ0n) is 16.0. The minimum absolute atomic E-state index is 0.297. The molecule has 0 saturated carbocycles. The minimum Gasteiger partial charge on any atom is -0.493 e. The topological polar surface area (TPSA) is 9.23 Å². The number of ether oxygens (including phenoxy) is 1. The second kappa shape index (κ2) is 8.71.